The predicted molar refractivity (Wildman–Crippen MR) is 104 cm³/mol. The quantitative estimate of drug-likeness (QED) is 0.624. The molecule has 2 aromatic heterocycles. The molecule has 1 aromatic carbocycles. The van der Waals surface area contributed by atoms with E-state index in [1.807, 2.05) is 6.20 Å². The number of hydrogen-bond acceptors (Lipinski definition) is 5. The van der Waals surface area contributed by atoms with Gasteiger partial charge in [-0.05, 0) is 24.6 Å². The first-order valence-corrected chi connectivity index (χ1v) is 9.62. The summed E-state index contributed by atoms with van der Waals surface area (Å²) in [4.78, 5) is 18.0. The Morgan fingerprint density at radius 2 is 2.07 bits per heavy atom. The molecular weight excluding hydrogens is 413 g/mol. The predicted octanol–water partition coefficient (Wildman–Crippen LogP) is 4.58. The van der Waals surface area contributed by atoms with Gasteiger partial charge in [0.05, 0.1) is 28.1 Å². The van der Waals surface area contributed by atoms with Gasteiger partial charge in [-0.25, -0.2) is 4.98 Å². The van der Waals surface area contributed by atoms with E-state index in [-0.39, 0.29) is 10.7 Å². The van der Waals surface area contributed by atoms with Crippen LogP contribution in [0.5, 0.6) is 0 Å². The van der Waals surface area contributed by atoms with E-state index in [2.05, 4.69) is 22.3 Å². The zero-order chi connectivity index (χ0) is 20.3. The van der Waals surface area contributed by atoms with E-state index >= 15 is 0 Å². The van der Waals surface area contributed by atoms with Crippen LogP contribution in [-0.4, -0.2) is 21.3 Å². The maximum Gasteiger partial charge on any atom is 0.416 e. The van der Waals surface area contributed by atoms with E-state index in [9.17, 15) is 18.0 Å². The van der Waals surface area contributed by atoms with Gasteiger partial charge in [0.15, 0.2) is 0 Å². The molecule has 0 radical (unpaired) electrons. The second kappa shape index (κ2) is 8.32. The highest BCUT2D eigenvalue weighted by atomic mass is 35.5. The third kappa shape index (κ3) is 4.53. The molecule has 2 heterocycles. The highest BCUT2D eigenvalue weighted by Gasteiger charge is 2.30. The lowest BCUT2D eigenvalue weighted by Gasteiger charge is -2.12. The molecule has 0 bridgehead atoms. The molecular formula is C18H16ClF3N4OS. The number of aromatic nitrogens is 3. The van der Waals surface area contributed by atoms with Crippen LogP contribution >= 0.6 is 22.9 Å². The molecule has 0 aliphatic carbocycles. The Hall–Kier alpha value is -2.39. The molecule has 0 spiro atoms. The smallest absolute Gasteiger partial charge is 0.382 e. The third-order valence-corrected chi connectivity index (χ3v) is 5.51. The molecule has 5 nitrogen and oxygen atoms in total. The number of rotatable bonds is 6. The summed E-state index contributed by atoms with van der Waals surface area (Å²) in [5.41, 5.74) is -1.26. The van der Waals surface area contributed by atoms with E-state index in [4.69, 9.17) is 11.6 Å². The van der Waals surface area contributed by atoms with Crippen molar-refractivity contribution in [2.45, 2.75) is 25.9 Å². The number of halogens is 4. The molecule has 0 aliphatic heterocycles. The van der Waals surface area contributed by atoms with Gasteiger partial charge in [0, 0.05) is 24.0 Å². The van der Waals surface area contributed by atoms with Gasteiger partial charge >= 0.3 is 6.18 Å². The van der Waals surface area contributed by atoms with E-state index < -0.39 is 17.3 Å². The van der Waals surface area contributed by atoms with Gasteiger partial charge in [-0.3, -0.25) is 4.79 Å². The molecule has 0 aliphatic rings. The van der Waals surface area contributed by atoms with E-state index in [1.54, 1.807) is 11.3 Å². The summed E-state index contributed by atoms with van der Waals surface area (Å²) < 4.78 is 39.5. The number of benzene rings is 1. The maximum atomic E-state index is 12.9. The first-order chi connectivity index (χ1) is 13.3. The maximum absolute atomic E-state index is 12.9. The summed E-state index contributed by atoms with van der Waals surface area (Å²) in [6.45, 7) is 2.55. The number of thiazole rings is 1. The fourth-order valence-electron chi connectivity index (χ4n) is 2.49. The molecule has 0 unspecified atom stereocenters. The van der Waals surface area contributed by atoms with Crippen LogP contribution in [0.25, 0.3) is 5.69 Å². The Labute approximate surface area is 167 Å². The van der Waals surface area contributed by atoms with Crippen LogP contribution in [-0.2, 0) is 19.0 Å². The monoisotopic (exact) mass is 428 g/mol. The Morgan fingerprint density at radius 3 is 2.75 bits per heavy atom. The van der Waals surface area contributed by atoms with Crippen LogP contribution in [0, 0.1) is 0 Å². The standard InChI is InChI=1S/C18H16ClF3N4OS/c1-2-13-9-24-15(28-13)6-7-23-14-10-25-26(17(27)16(14)19)12-5-3-4-11(8-12)18(20,21)22/h3-5,8-10,23H,2,6-7H2,1H3. The second-order valence-electron chi connectivity index (χ2n) is 5.89. The number of nitrogens with zero attached hydrogens (tertiary/aromatic N) is 3. The molecule has 3 rings (SSSR count). The van der Waals surface area contributed by atoms with Crippen molar-refractivity contribution in [1.29, 1.82) is 0 Å². The first-order valence-electron chi connectivity index (χ1n) is 8.42. The summed E-state index contributed by atoms with van der Waals surface area (Å²) in [5.74, 6) is 0. The van der Waals surface area contributed by atoms with Crippen molar-refractivity contribution in [3.05, 3.63) is 67.5 Å². The largest absolute Gasteiger partial charge is 0.416 e. The van der Waals surface area contributed by atoms with Crippen molar-refractivity contribution in [2.24, 2.45) is 0 Å². The van der Waals surface area contributed by atoms with Gasteiger partial charge in [-0.1, -0.05) is 24.6 Å². The lowest BCUT2D eigenvalue weighted by atomic mass is 10.2. The Kier molecular flexibility index (Phi) is 6.04. The molecule has 0 atom stereocenters. The molecule has 3 aromatic rings. The van der Waals surface area contributed by atoms with Gasteiger partial charge in [0.1, 0.15) is 5.02 Å². The van der Waals surface area contributed by atoms with E-state index in [0.29, 0.717) is 18.7 Å². The minimum Gasteiger partial charge on any atom is -0.382 e. The zero-order valence-corrected chi connectivity index (χ0v) is 16.3. The minimum absolute atomic E-state index is 0.0110. The van der Waals surface area contributed by atoms with Crippen LogP contribution in [0.2, 0.25) is 5.02 Å². The number of hydrogen-bond donors (Lipinski definition) is 1. The number of anilines is 1. The minimum atomic E-state index is -4.52. The first kappa shape index (κ1) is 20.3. The SMILES string of the molecule is CCc1cnc(CCNc2cnn(-c3cccc(C(F)(F)F)c3)c(=O)c2Cl)s1. The molecule has 0 saturated carbocycles. The van der Waals surface area contributed by atoms with Crippen LogP contribution in [0.1, 0.15) is 22.4 Å². The van der Waals surface area contributed by atoms with Crippen molar-refractivity contribution < 1.29 is 13.2 Å². The van der Waals surface area contributed by atoms with Gasteiger partial charge in [-0.15, -0.1) is 11.3 Å². The number of nitrogens with one attached hydrogen (secondary N) is 1. The fraction of sp³-hybridized carbons (Fsp3) is 0.278. The van der Waals surface area contributed by atoms with E-state index in [0.717, 1.165) is 28.2 Å². The van der Waals surface area contributed by atoms with Crippen LogP contribution < -0.4 is 10.9 Å². The second-order valence-corrected chi connectivity index (χ2v) is 7.47. The third-order valence-electron chi connectivity index (χ3n) is 3.94. The lowest BCUT2D eigenvalue weighted by molar-refractivity contribution is -0.137. The van der Waals surface area contributed by atoms with Gasteiger partial charge in [0.25, 0.3) is 5.56 Å². The summed E-state index contributed by atoms with van der Waals surface area (Å²) in [6.07, 6.45) is 0.221. The molecule has 0 fully saturated rings. The Morgan fingerprint density at radius 1 is 1.29 bits per heavy atom. The van der Waals surface area contributed by atoms with Crippen molar-refractivity contribution in [3.8, 4) is 5.69 Å². The normalized spacial score (nSPS) is 11.6. The highest BCUT2D eigenvalue weighted by Crippen LogP contribution is 2.30. The van der Waals surface area contributed by atoms with Crippen molar-refractivity contribution in [3.63, 3.8) is 0 Å². The number of aryl methyl sites for hydroxylation is 1. The topological polar surface area (TPSA) is 59.8 Å². The molecule has 0 amide bonds. The Balaban J connectivity index is 1.77. The number of alkyl halides is 3. The molecule has 28 heavy (non-hydrogen) atoms. The average Bonchev–Trinajstić information content (AvgIpc) is 3.13. The average molecular weight is 429 g/mol. The fourth-order valence-corrected chi connectivity index (χ4v) is 3.54. The molecule has 10 heteroatoms. The van der Waals surface area contributed by atoms with Crippen molar-refractivity contribution in [1.82, 2.24) is 14.8 Å². The van der Waals surface area contributed by atoms with Crippen LogP contribution in [0.4, 0.5) is 18.9 Å². The van der Waals surface area contributed by atoms with Crippen LogP contribution in [0.3, 0.4) is 0 Å². The molecule has 148 valence electrons. The summed E-state index contributed by atoms with van der Waals surface area (Å²) in [5, 5.41) is 7.80. The lowest BCUT2D eigenvalue weighted by Crippen LogP contribution is -2.23. The highest BCUT2D eigenvalue weighted by molar-refractivity contribution is 7.11. The van der Waals surface area contributed by atoms with Gasteiger partial charge in [-0.2, -0.15) is 23.0 Å². The van der Waals surface area contributed by atoms with Crippen LogP contribution in [0.15, 0.2) is 41.5 Å². The van der Waals surface area contributed by atoms with Gasteiger partial charge < -0.3 is 5.32 Å². The molecule has 1 N–H and O–H groups in total. The van der Waals surface area contributed by atoms with E-state index in [1.165, 1.54) is 23.2 Å². The summed E-state index contributed by atoms with van der Waals surface area (Å²) in [7, 11) is 0. The molecule has 0 saturated heterocycles. The summed E-state index contributed by atoms with van der Waals surface area (Å²) >= 11 is 7.74. The van der Waals surface area contributed by atoms with Gasteiger partial charge in [0.2, 0.25) is 0 Å². The Bertz CT molecular complexity index is 1030. The summed E-state index contributed by atoms with van der Waals surface area (Å²) in [6, 6.07) is 4.35. The van der Waals surface area contributed by atoms with Crippen molar-refractivity contribution >= 4 is 28.6 Å². The van der Waals surface area contributed by atoms with Crippen molar-refractivity contribution in [2.75, 3.05) is 11.9 Å². The zero-order valence-electron chi connectivity index (χ0n) is 14.8.